The van der Waals surface area contributed by atoms with Gasteiger partial charge in [-0.25, -0.2) is 9.07 Å². The second-order valence-corrected chi connectivity index (χ2v) is 5.38. The number of rotatable bonds is 3. The van der Waals surface area contributed by atoms with Crippen LogP contribution in [0.25, 0.3) is 5.69 Å². The molecule has 0 radical (unpaired) electrons. The van der Waals surface area contributed by atoms with Crippen LogP contribution in [0.15, 0.2) is 60.9 Å². The average Bonchev–Trinajstić information content (AvgIpc) is 2.97. The van der Waals surface area contributed by atoms with Crippen molar-refractivity contribution in [3.8, 4) is 5.69 Å². The van der Waals surface area contributed by atoms with Crippen LogP contribution in [0.5, 0.6) is 0 Å². The monoisotopic (exact) mass is 300 g/mol. The molecule has 0 aliphatic rings. The summed E-state index contributed by atoms with van der Waals surface area (Å²) in [5.41, 5.74) is 3.05. The fourth-order valence-corrected chi connectivity index (χ4v) is 2.50. The molecule has 0 bridgehead atoms. The van der Waals surface area contributed by atoms with E-state index in [0.29, 0.717) is 5.56 Å². The minimum Gasteiger partial charge on any atom is -0.241 e. The molecular weight excluding hydrogens is 287 g/mol. The van der Waals surface area contributed by atoms with Crippen molar-refractivity contribution < 1.29 is 4.39 Å². The van der Waals surface area contributed by atoms with Gasteiger partial charge in [0, 0.05) is 17.3 Å². The Kier molecular flexibility index (Phi) is 3.76. The summed E-state index contributed by atoms with van der Waals surface area (Å²) >= 11 is 6.40. The zero-order valence-electron chi connectivity index (χ0n) is 11.5. The molecule has 0 aliphatic carbocycles. The smallest absolute Gasteiger partial charge is 0.128 e. The molecule has 1 aromatic heterocycles. The lowest BCUT2D eigenvalue weighted by Gasteiger charge is -2.09. The molecule has 0 fully saturated rings. The van der Waals surface area contributed by atoms with Crippen molar-refractivity contribution in [3.05, 3.63) is 83.4 Å². The van der Waals surface area contributed by atoms with Gasteiger partial charge in [0.15, 0.2) is 0 Å². The molecule has 21 heavy (non-hydrogen) atoms. The van der Waals surface area contributed by atoms with E-state index in [-0.39, 0.29) is 5.82 Å². The van der Waals surface area contributed by atoms with Crippen LogP contribution >= 0.6 is 11.6 Å². The lowest BCUT2D eigenvalue weighted by atomic mass is 10.1. The molecule has 0 saturated heterocycles. The molecule has 2 aromatic carbocycles. The van der Waals surface area contributed by atoms with Crippen molar-refractivity contribution in [2.75, 3.05) is 0 Å². The summed E-state index contributed by atoms with van der Waals surface area (Å²) < 4.78 is 15.7. The molecule has 4 heteroatoms. The van der Waals surface area contributed by atoms with Gasteiger partial charge >= 0.3 is 0 Å². The average molecular weight is 301 g/mol. The molecule has 3 rings (SSSR count). The molecule has 1 unspecified atom stereocenters. The van der Waals surface area contributed by atoms with Gasteiger partial charge in [-0.05, 0) is 30.7 Å². The predicted molar refractivity (Wildman–Crippen MR) is 82.4 cm³/mol. The second-order valence-electron chi connectivity index (χ2n) is 4.94. The van der Waals surface area contributed by atoms with Gasteiger partial charge < -0.3 is 0 Å². The van der Waals surface area contributed by atoms with Crippen molar-refractivity contribution in [1.82, 2.24) is 9.78 Å². The van der Waals surface area contributed by atoms with Gasteiger partial charge in [0.25, 0.3) is 0 Å². The molecular formula is C17H14ClFN2. The number of aromatic nitrogens is 2. The molecule has 1 heterocycles. The summed E-state index contributed by atoms with van der Waals surface area (Å²) in [7, 11) is 0. The minimum atomic E-state index is -0.553. The van der Waals surface area contributed by atoms with Crippen LogP contribution in [0.4, 0.5) is 4.39 Å². The standard InChI is InChI=1S/C17H14ClFN2/c1-12-7-8-15(16(19)9-12)17(18)13-10-20-21(11-13)14-5-3-2-4-6-14/h2-11,17H,1H3. The second kappa shape index (κ2) is 5.70. The van der Waals surface area contributed by atoms with E-state index in [2.05, 4.69) is 5.10 Å². The summed E-state index contributed by atoms with van der Waals surface area (Å²) in [4.78, 5) is 0. The van der Waals surface area contributed by atoms with Gasteiger partial charge in [0.2, 0.25) is 0 Å². The third-order valence-electron chi connectivity index (χ3n) is 3.34. The highest BCUT2D eigenvalue weighted by Gasteiger charge is 2.17. The Morgan fingerprint density at radius 1 is 1.14 bits per heavy atom. The highest BCUT2D eigenvalue weighted by Crippen LogP contribution is 2.31. The van der Waals surface area contributed by atoms with E-state index in [1.807, 2.05) is 49.5 Å². The Morgan fingerprint density at radius 3 is 2.62 bits per heavy atom. The fourth-order valence-electron chi connectivity index (χ4n) is 2.21. The first kappa shape index (κ1) is 13.8. The molecule has 3 aromatic rings. The maximum atomic E-state index is 14.0. The van der Waals surface area contributed by atoms with E-state index in [9.17, 15) is 4.39 Å². The van der Waals surface area contributed by atoms with Gasteiger partial charge in [-0.15, -0.1) is 11.6 Å². The van der Waals surface area contributed by atoms with Crippen molar-refractivity contribution >= 4 is 11.6 Å². The Hall–Kier alpha value is -2.13. The van der Waals surface area contributed by atoms with Crippen molar-refractivity contribution in [2.24, 2.45) is 0 Å². The number of benzene rings is 2. The summed E-state index contributed by atoms with van der Waals surface area (Å²) in [5, 5.41) is 3.74. The first-order valence-corrected chi connectivity index (χ1v) is 7.09. The molecule has 2 nitrogen and oxygen atoms in total. The molecule has 0 saturated carbocycles. The zero-order valence-corrected chi connectivity index (χ0v) is 12.3. The largest absolute Gasteiger partial charge is 0.241 e. The third kappa shape index (κ3) is 2.83. The number of alkyl halides is 1. The number of nitrogens with zero attached hydrogens (tertiary/aromatic N) is 2. The van der Waals surface area contributed by atoms with Gasteiger partial charge in [0.05, 0.1) is 17.3 Å². The van der Waals surface area contributed by atoms with Crippen molar-refractivity contribution in [3.63, 3.8) is 0 Å². The molecule has 0 N–H and O–H groups in total. The van der Waals surface area contributed by atoms with Crippen LogP contribution in [0.1, 0.15) is 22.1 Å². The number of aryl methyl sites for hydroxylation is 1. The number of hydrogen-bond acceptors (Lipinski definition) is 1. The fraction of sp³-hybridized carbons (Fsp3) is 0.118. The van der Waals surface area contributed by atoms with E-state index < -0.39 is 5.38 Å². The molecule has 0 spiro atoms. The van der Waals surface area contributed by atoms with Gasteiger partial charge in [-0.1, -0.05) is 30.3 Å². The molecule has 0 aliphatic heterocycles. The van der Waals surface area contributed by atoms with E-state index in [1.54, 1.807) is 16.9 Å². The highest BCUT2D eigenvalue weighted by molar-refractivity contribution is 6.22. The Balaban J connectivity index is 1.92. The first-order valence-electron chi connectivity index (χ1n) is 6.65. The minimum absolute atomic E-state index is 0.289. The quantitative estimate of drug-likeness (QED) is 0.644. The molecule has 1 atom stereocenters. The topological polar surface area (TPSA) is 17.8 Å². The van der Waals surface area contributed by atoms with Crippen LogP contribution < -0.4 is 0 Å². The zero-order chi connectivity index (χ0) is 14.8. The number of para-hydroxylation sites is 1. The first-order chi connectivity index (χ1) is 10.1. The lowest BCUT2D eigenvalue weighted by Crippen LogP contribution is -1.97. The van der Waals surface area contributed by atoms with Crippen LogP contribution in [0, 0.1) is 12.7 Å². The van der Waals surface area contributed by atoms with Gasteiger partial charge in [-0.3, -0.25) is 0 Å². The third-order valence-corrected chi connectivity index (χ3v) is 3.83. The van der Waals surface area contributed by atoms with E-state index in [4.69, 9.17) is 11.6 Å². The van der Waals surface area contributed by atoms with E-state index in [1.165, 1.54) is 6.07 Å². The lowest BCUT2D eigenvalue weighted by molar-refractivity contribution is 0.611. The number of halogens is 2. The van der Waals surface area contributed by atoms with Crippen LogP contribution in [0.2, 0.25) is 0 Å². The predicted octanol–water partition coefficient (Wildman–Crippen LogP) is 4.65. The van der Waals surface area contributed by atoms with Gasteiger partial charge in [-0.2, -0.15) is 5.10 Å². The van der Waals surface area contributed by atoms with E-state index >= 15 is 0 Å². The molecule has 106 valence electrons. The maximum absolute atomic E-state index is 14.0. The maximum Gasteiger partial charge on any atom is 0.128 e. The Morgan fingerprint density at radius 2 is 1.90 bits per heavy atom. The Bertz CT molecular complexity index is 752. The van der Waals surface area contributed by atoms with Crippen LogP contribution in [-0.4, -0.2) is 9.78 Å². The summed E-state index contributed by atoms with van der Waals surface area (Å²) in [6.07, 6.45) is 3.50. The summed E-state index contributed by atoms with van der Waals surface area (Å²) in [5.74, 6) is -0.289. The van der Waals surface area contributed by atoms with Crippen molar-refractivity contribution in [2.45, 2.75) is 12.3 Å². The number of hydrogen-bond donors (Lipinski definition) is 0. The Labute approximate surface area is 127 Å². The normalized spacial score (nSPS) is 12.3. The highest BCUT2D eigenvalue weighted by atomic mass is 35.5. The molecule has 0 amide bonds. The van der Waals surface area contributed by atoms with Crippen molar-refractivity contribution in [1.29, 1.82) is 0 Å². The van der Waals surface area contributed by atoms with Crippen LogP contribution in [0.3, 0.4) is 0 Å². The van der Waals surface area contributed by atoms with E-state index in [0.717, 1.165) is 16.8 Å². The summed E-state index contributed by atoms with van der Waals surface area (Å²) in [6.45, 7) is 1.85. The van der Waals surface area contributed by atoms with Crippen LogP contribution in [-0.2, 0) is 0 Å². The summed E-state index contributed by atoms with van der Waals surface area (Å²) in [6, 6.07) is 14.8. The SMILES string of the molecule is Cc1ccc(C(Cl)c2cnn(-c3ccccc3)c2)c(F)c1. The van der Waals surface area contributed by atoms with Gasteiger partial charge in [0.1, 0.15) is 5.82 Å².